The topological polar surface area (TPSA) is 62.1 Å². The van der Waals surface area contributed by atoms with Crippen LogP contribution in [0.1, 0.15) is 55.0 Å². The Balaban J connectivity index is 1.38. The fraction of sp³-hybridized carbons (Fsp3) is 0.632. The van der Waals surface area contributed by atoms with Gasteiger partial charge in [-0.05, 0) is 37.1 Å². The second kappa shape index (κ2) is 6.16. The first-order valence-electron chi connectivity index (χ1n) is 9.75. The van der Waals surface area contributed by atoms with E-state index in [-0.39, 0.29) is 12.1 Å². The van der Waals surface area contributed by atoms with Crippen LogP contribution >= 0.6 is 11.3 Å². The lowest BCUT2D eigenvalue weighted by atomic mass is 9.96. The summed E-state index contributed by atoms with van der Waals surface area (Å²) in [5.41, 5.74) is 1.40. The van der Waals surface area contributed by atoms with Crippen LogP contribution in [0.25, 0.3) is 0 Å². The second-order valence-electron chi connectivity index (χ2n) is 8.06. The van der Waals surface area contributed by atoms with Crippen LogP contribution in [0.5, 0.6) is 0 Å². The normalized spacial score (nSPS) is 29.8. The molecule has 2 atom stereocenters. The van der Waals surface area contributed by atoms with Crippen molar-refractivity contribution in [1.82, 2.24) is 9.80 Å². The first-order chi connectivity index (χ1) is 12.6. The van der Waals surface area contributed by atoms with Gasteiger partial charge < -0.3 is 4.90 Å². The molecule has 2 aliphatic carbocycles. The highest BCUT2D eigenvalue weighted by atomic mass is 32.1. The summed E-state index contributed by atoms with van der Waals surface area (Å²) >= 11 is 1.81. The Labute approximate surface area is 156 Å². The Morgan fingerprint density at radius 3 is 2.58 bits per heavy atom. The standard InChI is InChI=1S/C19H23N3O3S/c23-17-18(24)22(13-3-1-2-4-13)19(25)21(17)11-20-9-7-15-14(8-10-26-15)16(20)12-5-6-12/h8,10,12-13,16H,1-7,9,11H2/p+1/t16-/m1/s1. The predicted molar refractivity (Wildman–Crippen MR) is 95.5 cm³/mol. The van der Waals surface area contributed by atoms with E-state index in [0.717, 1.165) is 38.6 Å². The van der Waals surface area contributed by atoms with Crippen molar-refractivity contribution in [2.45, 2.75) is 57.0 Å². The van der Waals surface area contributed by atoms with E-state index in [9.17, 15) is 14.4 Å². The van der Waals surface area contributed by atoms with Crippen LogP contribution < -0.4 is 4.90 Å². The predicted octanol–water partition coefficient (Wildman–Crippen LogP) is 1.33. The van der Waals surface area contributed by atoms with Gasteiger partial charge in [-0.15, -0.1) is 11.3 Å². The Hall–Kier alpha value is -1.73. The summed E-state index contributed by atoms with van der Waals surface area (Å²) in [6, 6.07) is 2.11. The summed E-state index contributed by atoms with van der Waals surface area (Å²) < 4.78 is 0. The van der Waals surface area contributed by atoms with Crippen LogP contribution in [0.15, 0.2) is 11.4 Å². The number of nitrogens with zero attached hydrogens (tertiary/aromatic N) is 2. The minimum atomic E-state index is -0.625. The minimum Gasteiger partial charge on any atom is -0.311 e. The molecule has 0 bridgehead atoms. The number of fused-ring (bicyclic) bond motifs is 1. The highest BCUT2D eigenvalue weighted by Crippen LogP contribution is 2.42. The van der Waals surface area contributed by atoms with Crippen molar-refractivity contribution in [3.8, 4) is 0 Å². The average molecular weight is 374 g/mol. The van der Waals surface area contributed by atoms with E-state index in [4.69, 9.17) is 0 Å². The number of imide groups is 2. The van der Waals surface area contributed by atoms with Gasteiger partial charge in [-0.25, -0.2) is 9.69 Å². The first kappa shape index (κ1) is 16.4. The molecule has 2 saturated carbocycles. The van der Waals surface area contributed by atoms with Gasteiger partial charge in [-0.1, -0.05) is 12.8 Å². The van der Waals surface area contributed by atoms with Gasteiger partial charge >= 0.3 is 17.8 Å². The number of carbonyl (C=O) groups is 3. The maximum atomic E-state index is 12.9. The monoisotopic (exact) mass is 374 g/mol. The Morgan fingerprint density at radius 1 is 1.08 bits per heavy atom. The summed E-state index contributed by atoms with van der Waals surface area (Å²) in [4.78, 5) is 43.1. The zero-order valence-electron chi connectivity index (χ0n) is 14.8. The molecule has 1 N–H and O–H groups in total. The van der Waals surface area contributed by atoms with Gasteiger partial charge in [-0.3, -0.25) is 14.5 Å². The summed E-state index contributed by atoms with van der Waals surface area (Å²) in [5, 5.41) is 2.15. The van der Waals surface area contributed by atoms with Crippen LogP contribution in [-0.4, -0.2) is 46.9 Å². The quantitative estimate of drug-likeness (QED) is 0.639. The lowest BCUT2D eigenvalue weighted by Gasteiger charge is -2.34. The fourth-order valence-electron chi connectivity index (χ4n) is 5.02. The zero-order chi connectivity index (χ0) is 17.8. The van der Waals surface area contributed by atoms with E-state index in [2.05, 4.69) is 11.4 Å². The lowest BCUT2D eigenvalue weighted by Crippen LogP contribution is -3.15. The molecule has 1 unspecified atom stereocenters. The van der Waals surface area contributed by atoms with Crippen molar-refractivity contribution in [2.24, 2.45) is 5.92 Å². The Kier molecular flexibility index (Phi) is 3.90. The number of amides is 4. The van der Waals surface area contributed by atoms with E-state index in [1.165, 1.54) is 38.0 Å². The number of hydrogen-bond donors (Lipinski definition) is 1. The number of carbonyl (C=O) groups excluding carboxylic acids is 3. The SMILES string of the molecule is O=C1C(=O)N(C2CCCC2)C(=O)N1C[NH+]1CCc2sccc2[C@H]1C1CC1. The molecule has 0 aromatic carbocycles. The number of rotatable bonds is 4. The van der Waals surface area contributed by atoms with Crippen LogP contribution in [0.4, 0.5) is 4.79 Å². The third kappa shape index (κ3) is 2.52. The van der Waals surface area contributed by atoms with Crippen LogP contribution in [-0.2, 0) is 16.0 Å². The molecule has 3 fully saturated rings. The maximum Gasteiger partial charge on any atom is 0.338 e. The van der Waals surface area contributed by atoms with E-state index in [1.807, 2.05) is 11.3 Å². The zero-order valence-corrected chi connectivity index (χ0v) is 15.6. The summed E-state index contributed by atoms with van der Waals surface area (Å²) in [5.74, 6) is -0.592. The van der Waals surface area contributed by atoms with Crippen molar-refractivity contribution in [3.63, 3.8) is 0 Å². The first-order valence-corrected chi connectivity index (χ1v) is 10.6. The van der Waals surface area contributed by atoms with Gasteiger partial charge in [0.1, 0.15) is 6.04 Å². The van der Waals surface area contributed by atoms with Gasteiger partial charge in [-0.2, -0.15) is 0 Å². The largest absolute Gasteiger partial charge is 0.338 e. The summed E-state index contributed by atoms with van der Waals surface area (Å²) in [7, 11) is 0. The number of hydrogen-bond acceptors (Lipinski definition) is 4. The molecule has 0 spiro atoms. The van der Waals surface area contributed by atoms with Crippen LogP contribution in [0.2, 0.25) is 0 Å². The van der Waals surface area contributed by atoms with Gasteiger partial charge in [0.05, 0.1) is 6.54 Å². The van der Waals surface area contributed by atoms with Crippen LogP contribution in [0, 0.1) is 5.92 Å². The summed E-state index contributed by atoms with van der Waals surface area (Å²) in [6.07, 6.45) is 7.14. The van der Waals surface area contributed by atoms with Crippen molar-refractivity contribution < 1.29 is 19.3 Å². The third-order valence-electron chi connectivity index (χ3n) is 6.46. The van der Waals surface area contributed by atoms with E-state index >= 15 is 0 Å². The molecule has 1 saturated heterocycles. The van der Waals surface area contributed by atoms with Gasteiger partial charge in [0.15, 0.2) is 6.67 Å². The molecular formula is C19H24N3O3S+. The van der Waals surface area contributed by atoms with Gasteiger partial charge in [0.2, 0.25) is 0 Å². The van der Waals surface area contributed by atoms with E-state index < -0.39 is 11.8 Å². The third-order valence-corrected chi connectivity index (χ3v) is 7.45. The lowest BCUT2D eigenvalue weighted by molar-refractivity contribution is -0.943. The van der Waals surface area contributed by atoms with Crippen LogP contribution in [0.3, 0.4) is 0 Å². The second-order valence-corrected chi connectivity index (χ2v) is 9.06. The van der Waals surface area contributed by atoms with Crippen molar-refractivity contribution >= 4 is 29.2 Å². The average Bonchev–Trinajstić information content (AvgIpc) is 3.04. The summed E-state index contributed by atoms with van der Waals surface area (Å²) in [6.45, 7) is 1.24. The number of quaternary nitrogens is 1. The molecule has 0 radical (unpaired) electrons. The highest BCUT2D eigenvalue weighted by molar-refractivity contribution is 7.10. The van der Waals surface area contributed by atoms with Crippen molar-refractivity contribution in [2.75, 3.05) is 13.2 Å². The molecule has 1 aromatic heterocycles. The van der Waals surface area contributed by atoms with E-state index in [1.54, 1.807) is 0 Å². The highest BCUT2D eigenvalue weighted by Gasteiger charge is 2.51. The molecule has 4 aliphatic rings. The molecule has 1 aromatic rings. The molecule has 26 heavy (non-hydrogen) atoms. The smallest absolute Gasteiger partial charge is 0.311 e. The molecule has 5 rings (SSSR count). The fourth-order valence-corrected chi connectivity index (χ4v) is 5.95. The van der Waals surface area contributed by atoms with Crippen molar-refractivity contribution in [1.29, 1.82) is 0 Å². The minimum absolute atomic E-state index is 0.0805. The van der Waals surface area contributed by atoms with E-state index in [0.29, 0.717) is 18.6 Å². The molecule has 3 heterocycles. The number of thiophene rings is 1. The number of nitrogens with one attached hydrogen (secondary N) is 1. The molecular weight excluding hydrogens is 350 g/mol. The molecule has 7 heteroatoms. The molecule has 138 valence electrons. The number of urea groups is 1. The van der Waals surface area contributed by atoms with Gasteiger partial charge in [0.25, 0.3) is 0 Å². The molecule has 6 nitrogen and oxygen atoms in total. The van der Waals surface area contributed by atoms with Gasteiger partial charge in [0, 0.05) is 28.8 Å². The Morgan fingerprint density at radius 2 is 1.85 bits per heavy atom. The molecule has 4 amide bonds. The Bertz CT molecular complexity index is 766. The maximum absolute atomic E-state index is 12.9. The molecule has 2 aliphatic heterocycles. The van der Waals surface area contributed by atoms with Crippen molar-refractivity contribution in [3.05, 3.63) is 21.9 Å².